The predicted octanol–water partition coefficient (Wildman–Crippen LogP) is 2.58. The molecule has 2 rings (SSSR count). The molecule has 2 aromatic rings. The first-order chi connectivity index (χ1) is 9.65. The van der Waals surface area contributed by atoms with Gasteiger partial charge in [-0.15, -0.1) is 0 Å². The summed E-state index contributed by atoms with van der Waals surface area (Å²) in [5.74, 6) is 0.445. The summed E-state index contributed by atoms with van der Waals surface area (Å²) >= 11 is 0. The Balaban J connectivity index is 1.75. The molecular formula is C16H18N2O2. The zero-order chi connectivity index (χ0) is 14.4. The maximum atomic E-state index is 10.9. The van der Waals surface area contributed by atoms with Gasteiger partial charge in [0.05, 0.1) is 0 Å². The number of benzene rings is 2. The second-order valence-corrected chi connectivity index (χ2v) is 4.53. The second kappa shape index (κ2) is 6.61. The molecule has 0 atom stereocenters. The molecule has 104 valence electrons. The van der Waals surface area contributed by atoms with Gasteiger partial charge in [0.2, 0.25) is 5.91 Å². The first-order valence-electron chi connectivity index (χ1n) is 6.48. The van der Waals surface area contributed by atoms with Crippen molar-refractivity contribution in [2.24, 2.45) is 5.73 Å². The lowest BCUT2D eigenvalue weighted by Gasteiger charge is -2.09. The lowest BCUT2D eigenvalue weighted by Crippen LogP contribution is -2.13. The Kier molecular flexibility index (Phi) is 4.60. The number of anilines is 1. The summed E-state index contributed by atoms with van der Waals surface area (Å²) in [6, 6.07) is 15.0. The van der Waals surface area contributed by atoms with Gasteiger partial charge in [0.15, 0.2) is 0 Å². The summed E-state index contributed by atoms with van der Waals surface area (Å²) < 4.78 is 5.61. The van der Waals surface area contributed by atoms with Gasteiger partial charge in [0, 0.05) is 17.8 Å². The molecule has 0 unspecified atom stereocenters. The molecule has 1 amide bonds. The van der Waals surface area contributed by atoms with Crippen LogP contribution in [0.2, 0.25) is 0 Å². The third-order valence-corrected chi connectivity index (χ3v) is 2.89. The van der Waals surface area contributed by atoms with Crippen LogP contribution in [0.15, 0.2) is 48.5 Å². The largest absolute Gasteiger partial charge is 0.492 e. The van der Waals surface area contributed by atoms with Crippen molar-refractivity contribution in [2.75, 3.05) is 18.5 Å². The highest BCUT2D eigenvalue weighted by Gasteiger charge is 1.99. The van der Waals surface area contributed by atoms with E-state index in [4.69, 9.17) is 10.5 Å². The van der Waals surface area contributed by atoms with Crippen LogP contribution in [0, 0.1) is 6.92 Å². The number of nitrogens with one attached hydrogen (secondary N) is 1. The number of hydrogen-bond acceptors (Lipinski definition) is 3. The molecule has 4 nitrogen and oxygen atoms in total. The van der Waals surface area contributed by atoms with E-state index in [9.17, 15) is 4.79 Å². The summed E-state index contributed by atoms with van der Waals surface area (Å²) in [6.07, 6.45) is 0. The van der Waals surface area contributed by atoms with Crippen LogP contribution in [0.4, 0.5) is 5.69 Å². The SMILES string of the molecule is Cc1ccc(OCCNc2ccc(C(N)=O)cc2)cc1. The lowest BCUT2D eigenvalue weighted by atomic mass is 10.2. The number of hydrogen-bond donors (Lipinski definition) is 2. The molecule has 2 aromatic carbocycles. The van der Waals surface area contributed by atoms with Gasteiger partial charge < -0.3 is 15.8 Å². The minimum atomic E-state index is -0.417. The van der Waals surface area contributed by atoms with E-state index in [2.05, 4.69) is 5.32 Å². The third-order valence-electron chi connectivity index (χ3n) is 2.89. The van der Waals surface area contributed by atoms with Crippen LogP contribution in [-0.4, -0.2) is 19.1 Å². The number of nitrogens with two attached hydrogens (primary N) is 1. The van der Waals surface area contributed by atoms with Crippen molar-refractivity contribution < 1.29 is 9.53 Å². The Morgan fingerprint density at radius 2 is 1.75 bits per heavy atom. The van der Waals surface area contributed by atoms with E-state index >= 15 is 0 Å². The van der Waals surface area contributed by atoms with Crippen LogP contribution in [0.3, 0.4) is 0 Å². The molecule has 0 bridgehead atoms. The Morgan fingerprint density at radius 3 is 2.35 bits per heavy atom. The average molecular weight is 270 g/mol. The fraction of sp³-hybridized carbons (Fsp3) is 0.188. The molecule has 0 saturated heterocycles. The van der Waals surface area contributed by atoms with E-state index < -0.39 is 5.91 Å². The Morgan fingerprint density at radius 1 is 1.10 bits per heavy atom. The van der Waals surface area contributed by atoms with E-state index in [1.165, 1.54) is 5.56 Å². The van der Waals surface area contributed by atoms with Crippen molar-refractivity contribution in [1.29, 1.82) is 0 Å². The fourth-order valence-corrected chi connectivity index (χ4v) is 1.75. The number of amides is 1. The highest BCUT2D eigenvalue weighted by atomic mass is 16.5. The van der Waals surface area contributed by atoms with Crippen LogP contribution >= 0.6 is 0 Å². The van der Waals surface area contributed by atoms with Crippen molar-refractivity contribution in [2.45, 2.75) is 6.92 Å². The smallest absolute Gasteiger partial charge is 0.248 e. The number of primary amides is 1. The third kappa shape index (κ3) is 4.02. The predicted molar refractivity (Wildman–Crippen MR) is 80.1 cm³/mol. The Hall–Kier alpha value is -2.49. The number of rotatable bonds is 6. The molecule has 0 aliphatic heterocycles. The molecule has 0 spiro atoms. The molecule has 0 heterocycles. The van der Waals surface area contributed by atoms with Crippen molar-refractivity contribution in [3.63, 3.8) is 0 Å². The van der Waals surface area contributed by atoms with Crippen LogP contribution in [0.1, 0.15) is 15.9 Å². The molecule has 0 aliphatic carbocycles. The minimum Gasteiger partial charge on any atom is -0.492 e. The van der Waals surface area contributed by atoms with Crippen molar-refractivity contribution >= 4 is 11.6 Å². The summed E-state index contributed by atoms with van der Waals surface area (Å²) in [5.41, 5.74) is 7.83. The first kappa shape index (κ1) is 13.9. The molecule has 3 N–H and O–H groups in total. The normalized spacial score (nSPS) is 10.1. The quantitative estimate of drug-likeness (QED) is 0.793. The Labute approximate surface area is 118 Å². The molecule has 0 radical (unpaired) electrons. The van der Waals surface area contributed by atoms with Gasteiger partial charge in [-0.25, -0.2) is 0 Å². The summed E-state index contributed by atoms with van der Waals surface area (Å²) in [4.78, 5) is 10.9. The van der Waals surface area contributed by atoms with Crippen LogP contribution < -0.4 is 15.8 Å². The number of carbonyl (C=O) groups excluding carboxylic acids is 1. The van der Waals surface area contributed by atoms with E-state index in [-0.39, 0.29) is 0 Å². The van der Waals surface area contributed by atoms with Crippen molar-refractivity contribution in [3.8, 4) is 5.75 Å². The molecule has 4 heteroatoms. The van der Waals surface area contributed by atoms with E-state index in [1.54, 1.807) is 12.1 Å². The first-order valence-corrected chi connectivity index (χ1v) is 6.48. The Bertz CT molecular complexity index is 562. The average Bonchev–Trinajstić information content (AvgIpc) is 2.46. The topological polar surface area (TPSA) is 64.3 Å². The van der Waals surface area contributed by atoms with Gasteiger partial charge in [0.1, 0.15) is 12.4 Å². The van der Waals surface area contributed by atoms with Crippen LogP contribution in [-0.2, 0) is 0 Å². The summed E-state index contributed by atoms with van der Waals surface area (Å²) in [6.45, 7) is 3.30. The molecule has 0 aliphatic rings. The lowest BCUT2D eigenvalue weighted by molar-refractivity contribution is 0.100. The molecule has 0 aromatic heterocycles. The van der Waals surface area contributed by atoms with Crippen molar-refractivity contribution in [1.82, 2.24) is 0 Å². The van der Waals surface area contributed by atoms with Gasteiger partial charge in [-0.1, -0.05) is 17.7 Å². The highest BCUT2D eigenvalue weighted by Crippen LogP contribution is 2.12. The maximum absolute atomic E-state index is 10.9. The van der Waals surface area contributed by atoms with Gasteiger partial charge in [0.25, 0.3) is 0 Å². The minimum absolute atomic E-state index is 0.417. The van der Waals surface area contributed by atoms with E-state index in [1.807, 2.05) is 43.3 Å². The zero-order valence-electron chi connectivity index (χ0n) is 11.4. The van der Waals surface area contributed by atoms with Crippen LogP contribution in [0.25, 0.3) is 0 Å². The molecular weight excluding hydrogens is 252 g/mol. The monoisotopic (exact) mass is 270 g/mol. The van der Waals surface area contributed by atoms with Crippen molar-refractivity contribution in [3.05, 3.63) is 59.7 Å². The number of carbonyl (C=O) groups is 1. The van der Waals surface area contributed by atoms with E-state index in [0.717, 1.165) is 11.4 Å². The number of ether oxygens (including phenoxy) is 1. The highest BCUT2D eigenvalue weighted by molar-refractivity contribution is 5.93. The standard InChI is InChI=1S/C16H18N2O2/c1-12-2-8-15(9-3-12)20-11-10-18-14-6-4-13(5-7-14)16(17)19/h2-9,18H,10-11H2,1H3,(H2,17,19). The van der Waals surface area contributed by atoms with E-state index in [0.29, 0.717) is 18.7 Å². The fourth-order valence-electron chi connectivity index (χ4n) is 1.75. The van der Waals surface area contributed by atoms with Crippen LogP contribution in [0.5, 0.6) is 5.75 Å². The maximum Gasteiger partial charge on any atom is 0.248 e. The summed E-state index contributed by atoms with van der Waals surface area (Å²) in [5, 5.41) is 3.22. The molecule has 20 heavy (non-hydrogen) atoms. The van der Waals surface area contributed by atoms with Gasteiger partial charge in [-0.3, -0.25) is 4.79 Å². The molecule has 0 saturated carbocycles. The molecule has 0 fully saturated rings. The van der Waals surface area contributed by atoms with Gasteiger partial charge in [-0.05, 0) is 43.3 Å². The van der Waals surface area contributed by atoms with Gasteiger partial charge >= 0.3 is 0 Å². The summed E-state index contributed by atoms with van der Waals surface area (Å²) in [7, 11) is 0. The second-order valence-electron chi connectivity index (χ2n) is 4.53. The zero-order valence-corrected chi connectivity index (χ0v) is 11.4. The van der Waals surface area contributed by atoms with Gasteiger partial charge in [-0.2, -0.15) is 0 Å². The number of aryl methyl sites for hydroxylation is 1.